The van der Waals surface area contributed by atoms with Gasteiger partial charge in [-0.1, -0.05) is 6.92 Å². The van der Waals surface area contributed by atoms with Gasteiger partial charge in [0.15, 0.2) is 5.82 Å². The van der Waals surface area contributed by atoms with Crippen LogP contribution in [0.25, 0.3) is 11.4 Å². The number of nitrogens with one attached hydrogen (secondary N) is 2. The van der Waals surface area contributed by atoms with Crippen LogP contribution in [0.1, 0.15) is 25.5 Å². The Balaban J connectivity index is 2.09. The summed E-state index contributed by atoms with van der Waals surface area (Å²) in [5.74, 6) is 1.50. The van der Waals surface area contributed by atoms with E-state index in [-0.39, 0.29) is 5.91 Å². The van der Waals surface area contributed by atoms with Gasteiger partial charge in [-0.25, -0.2) is 9.97 Å². The van der Waals surface area contributed by atoms with Crippen LogP contribution in [-0.2, 0) is 11.2 Å². The summed E-state index contributed by atoms with van der Waals surface area (Å²) in [6, 6.07) is 5.65. The zero-order chi connectivity index (χ0) is 15.8. The van der Waals surface area contributed by atoms with Crippen molar-refractivity contribution < 1.29 is 4.79 Å². The molecule has 6 heteroatoms. The monoisotopic (exact) mass is 299 g/mol. The van der Waals surface area contributed by atoms with Crippen molar-refractivity contribution >= 4 is 11.7 Å². The van der Waals surface area contributed by atoms with Crippen molar-refractivity contribution in [3.05, 3.63) is 36.3 Å². The average molecular weight is 299 g/mol. The third-order valence-corrected chi connectivity index (χ3v) is 3.15. The van der Waals surface area contributed by atoms with Gasteiger partial charge in [-0.2, -0.15) is 0 Å². The lowest BCUT2D eigenvalue weighted by molar-refractivity contribution is -0.121. The van der Waals surface area contributed by atoms with Crippen LogP contribution < -0.4 is 10.6 Å². The highest BCUT2D eigenvalue weighted by molar-refractivity contribution is 5.75. The van der Waals surface area contributed by atoms with Crippen molar-refractivity contribution in [1.82, 2.24) is 20.3 Å². The number of nitrogens with zero attached hydrogens (tertiary/aromatic N) is 3. The van der Waals surface area contributed by atoms with Crippen molar-refractivity contribution in [2.24, 2.45) is 0 Å². The van der Waals surface area contributed by atoms with Gasteiger partial charge >= 0.3 is 0 Å². The van der Waals surface area contributed by atoms with Gasteiger partial charge < -0.3 is 10.6 Å². The SMILES string of the molecule is CCCC(=O)NCCc1cc(NC)nc(-c2ccncc2)n1. The molecule has 0 saturated heterocycles. The summed E-state index contributed by atoms with van der Waals surface area (Å²) < 4.78 is 0. The normalized spacial score (nSPS) is 10.3. The predicted octanol–water partition coefficient (Wildman–Crippen LogP) is 2.04. The molecule has 2 heterocycles. The molecule has 0 aliphatic carbocycles. The Bertz CT molecular complexity index is 615. The minimum absolute atomic E-state index is 0.0831. The number of amides is 1. The standard InChI is InChI=1S/C16H21N5O/c1-3-4-15(22)19-10-7-13-11-14(17-2)21-16(20-13)12-5-8-18-9-6-12/h5-6,8-9,11H,3-4,7,10H2,1-2H3,(H,19,22)(H,17,20,21). The van der Waals surface area contributed by atoms with Crippen molar-refractivity contribution in [3.63, 3.8) is 0 Å². The molecule has 2 N–H and O–H groups in total. The van der Waals surface area contributed by atoms with Crippen LogP contribution in [0, 0.1) is 0 Å². The fourth-order valence-electron chi connectivity index (χ4n) is 2.03. The Labute approximate surface area is 130 Å². The lowest BCUT2D eigenvalue weighted by Gasteiger charge is -2.08. The van der Waals surface area contributed by atoms with Gasteiger partial charge in [0.1, 0.15) is 5.82 Å². The van der Waals surface area contributed by atoms with Gasteiger partial charge in [-0.3, -0.25) is 9.78 Å². The van der Waals surface area contributed by atoms with Crippen LogP contribution in [-0.4, -0.2) is 34.5 Å². The minimum Gasteiger partial charge on any atom is -0.373 e. The summed E-state index contributed by atoms with van der Waals surface area (Å²) in [5, 5.41) is 5.94. The maximum Gasteiger partial charge on any atom is 0.219 e. The molecule has 0 saturated carbocycles. The van der Waals surface area contributed by atoms with E-state index in [1.807, 2.05) is 32.2 Å². The summed E-state index contributed by atoms with van der Waals surface area (Å²) in [6.45, 7) is 2.57. The van der Waals surface area contributed by atoms with E-state index in [0.29, 0.717) is 25.2 Å². The predicted molar refractivity (Wildman–Crippen MR) is 86.4 cm³/mol. The molecule has 0 aromatic carbocycles. The number of carbonyl (C=O) groups is 1. The van der Waals surface area contributed by atoms with E-state index in [1.54, 1.807) is 12.4 Å². The highest BCUT2D eigenvalue weighted by Gasteiger charge is 2.07. The third kappa shape index (κ3) is 4.51. The first-order chi connectivity index (χ1) is 10.7. The molecule has 0 unspecified atom stereocenters. The van der Waals surface area contributed by atoms with Crippen LogP contribution >= 0.6 is 0 Å². The van der Waals surface area contributed by atoms with Gasteiger partial charge in [-0.15, -0.1) is 0 Å². The number of carbonyl (C=O) groups excluding carboxylic acids is 1. The lowest BCUT2D eigenvalue weighted by atomic mass is 10.2. The van der Waals surface area contributed by atoms with Gasteiger partial charge in [0.05, 0.1) is 0 Å². The van der Waals surface area contributed by atoms with E-state index in [4.69, 9.17) is 0 Å². The molecule has 0 bridgehead atoms. The number of pyridine rings is 1. The first-order valence-corrected chi connectivity index (χ1v) is 7.45. The van der Waals surface area contributed by atoms with Crippen LogP contribution in [0.5, 0.6) is 0 Å². The number of rotatable bonds is 7. The highest BCUT2D eigenvalue weighted by atomic mass is 16.1. The van der Waals surface area contributed by atoms with E-state index < -0.39 is 0 Å². The summed E-state index contributed by atoms with van der Waals surface area (Å²) >= 11 is 0. The van der Waals surface area contributed by atoms with E-state index in [9.17, 15) is 4.79 Å². The number of hydrogen-bond donors (Lipinski definition) is 2. The highest BCUT2D eigenvalue weighted by Crippen LogP contribution is 2.17. The van der Waals surface area contributed by atoms with Crippen molar-refractivity contribution in [2.45, 2.75) is 26.2 Å². The van der Waals surface area contributed by atoms with Crippen LogP contribution in [0.15, 0.2) is 30.6 Å². The fourth-order valence-corrected chi connectivity index (χ4v) is 2.03. The number of anilines is 1. The van der Waals surface area contributed by atoms with Crippen LogP contribution in [0.3, 0.4) is 0 Å². The Hall–Kier alpha value is -2.50. The fraction of sp³-hybridized carbons (Fsp3) is 0.375. The molecular weight excluding hydrogens is 278 g/mol. The molecule has 22 heavy (non-hydrogen) atoms. The quantitative estimate of drug-likeness (QED) is 0.818. The lowest BCUT2D eigenvalue weighted by Crippen LogP contribution is -2.25. The molecule has 0 spiro atoms. The molecule has 0 fully saturated rings. The van der Waals surface area contributed by atoms with E-state index >= 15 is 0 Å². The number of aromatic nitrogens is 3. The first-order valence-electron chi connectivity index (χ1n) is 7.45. The van der Waals surface area contributed by atoms with E-state index in [1.165, 1.54) is 0 Å². The van der Waals surface area contributed by atoms with Gasteiger partial charge in [-0.05, 0) is 18.6 Å². The maximum atomic E-state index is 11.5. The summed E-state index contributed by atoms with van der Waals surface area (Å²) in [4.78, 5) is 24.5. The van der Waals surface area contributed by atoms with Crippen molar-refractivity contribution in [1.29, 1.82) is 0 Å². The van der Waals surface area contributed by atoms with Crippen LogP contribution in [0.2, 0.25) is 0 Å². The zero-order valence-electron chi connectivity index (χ0n) is 13.0. The summed E-state index contributed by atoms with van der Waals surface area (Å²) in [7, 11) is 1.82. The molecule has 2 aromatic heterocycles. The molecular formula is C16H21N5O. The van der Waals surface area contributed by atoms with E-state index in [2.05, 4.69) is 25.6 Å². The second-order valence-corrected chi connectivity index (χ2v) is 4.90. The molecule has 0 aliphatic heterocycles. The van der Waals surface area contributed by atoms with Crippen molar-refractivity contribution in [2.75, 3.05) is 18.9 Å². The molecule has 2 aromatic rings. The third-order valence-electron chi connectivity index (χ3n) is 3.15. The second kappa shape index (κ2) is 8.07. The van der Waals surface area contributed by atoms with E-state index in [0.717, 1.165) is 23.5 Å². The smallest absolute Gasteiger partial charge is 0.219 e. The molecule has 2 rings (SSSR count). The van der Waals surface area contributed by atoms with Gasteiger partial charge in [0.2, 0.25) is 5.91 Å². The Morgan fingerprint density at radius 1 is 1.23 bits per heavy atom. The van der Waals surface area contributed by atoms with Gasteiger partial charge in [0, 0.05) is 56.2 Å². The van der Waals surface area contributed by atoms with Gasteiger partial charge in [0.25, 0.3) is 0 Å². The number of hydrogen-bond acceptors (Lipinski definition) is 5. The second-order valence-electron chi connectivity index (χ2n) is 4.90. The van der Waals surface area contributed by atoms with Crippen LogP contribution in [0.4, 0.5) is 5.82 Å². The topological polar surface area (TPSA) is 79.8 Å². The first kappa shape index (κ1) is 15.9. The molecule has 0 atom stereocenters. The molecule has 0 aliphatic rings. The minimum atomic E-state index is 0.0831. The molecule has 116 valence electrons. The van der Waals surface area contributed by atoms with Crippen molar-refractivity contribution in [3.8, 4) is 11.4 Å². The Kier molecular flexibility index (Phi) is 5.82. The molecule has 6 nitrogen and oxygen atoms in total. The Morgan fingerprint density at radius 3 is 2.68 bits per heavy atom. The largest absolute Gasteiger partial charge is 0.373 e. The molecule has 0 radical (unpaired) electrons. The maximum absolute atomic E-state index is 11.5. The summed E-state index contributed by atoms with van der Waals surface area (Å²) in [5.41, 5.74) is 1.81. The molecule has 1 amide bonds. The average Bonchev–Trinajstić information content (AvgIpc) is 2.55. The zero-order valence-corrected chi connectivity index (χ0v) is 13.0. The Morgan fingerprint density at radius 2 is 2.00 bits per heavy atom. The summed E-state index contributed by atoms with van der Waals surface area (Å²) in [6.07, 6.45) is 5.53.